The van der Waals surface area contributed by atoms with Crippen LogP contribution in [0.1, 0.15) is 66.7 Å². The van der Waals surface area contributed by atoms with Crippen molar-refractivity contribution >= 4 is 8.80 Å². The van der Waals surface area contributed by atoms with Gasteiger partial charge in [-0.15, -0.1) is 0 Å². The molecule has 0 bridgehead atoms. The van der Waals surface area contributed by atoms with Gasteiger partial charge in [0.05, 0.1) is 11.8 Å². The zero-order valence-electron chi connectivity index (χ0n) is 14.6. The summed E-state index contributed by atoms with van der Waals surface area (Å²) < 4.78 is 17.9. The minimum absolute atomic E-state index is 0.0326. The van der Waals surface area contributed by atoms with E-state index in [2.05, 4.69) is 19.2 Å². The van der Waals surface area contributed by atoms with Crippen LogP contribution >= 0.6 is 0 Å². The highest BCUT2D eigenvalue weighted by Crippen LogP contribution is 2.18. The van der Waals surface area contributed by atoms with Gasteiger partial charge >= 0.3 is 8.80 Å². The number of rotatable bonds is 14. The largest absolute Gasteiger partial charge is 0.518 e. The fourth-order valence-corrected chi connectivity index (χ4v) is 5.44. The summed E-state index contributed by atoms with van der Waals surface area (Å²) in [6.45, 7) is 12.0. The zero-order valence-corrected chi connectivity index (χ0v) is 15.6. The van der Waals surface area contributed by atoms with Gasteiger partial charge in [-0.25, -0.2) is 0 Å². The Morgan fingerprint density at radius 2 is 1.43 bits per heavy atom. The first kappa shape index (κ1) is 21.0. The lowest BCUT2D eigenvalue weighted by Gasteiger charge is -2.36. The van der Waals surface area contributed by atoms with Crippen molar-refractivity contribution in [2.75, 3.05) is 19.8 Å². The Hall–Kier alpha value is 0.0169. The Balaban J connectivity index is 4.77. The second kappa shape index (κ2) is 12.5. The molecular weight excluding hydrogens is 284 g/mol. The van der Waals surface area contributed by atoms with Crippen molar-refractivity contribution in [3.8, 4) is 0 Å². The first-order valence-electron chi connectivity index (χ1n) is 8.53. The molecule has 0 aromatic carbocycles. The Bertz CT molecular complexity index is 228. The molecule has 0 aliphatic heterocycles. The standard InChI is InChI=1S/C15H36N2O3Si/c1-6-11-12-13-14(16)17-15(7-2)21(18-8-3,19-9-4)20-10-5/h14-15,17H,6-13,16H2,1-5H3. The predicted molar refractivity (Wildman–Crippen MR) is 90.0 cm³/mol. The van der Waals surface area contributed by atoms with Crippen molar-refractivity contribution in [3.63, 3.8) is 0 Å². The quantitative estimate of drug-likeness (QED) is 0.293. The van der Waals surface area contributed by atoms with Crippen molar-refractivity contribution in [1.82, 2.24) is 5.32 Å². The molecule has 0 rings (SSSR count). The second-order valence-electron chi connectivity index (χ2n) is 5.13. The van der Waals surface area contributed by atoms with Gasteiger partial charge in [-0.1, -0.05) is 33.1 Å². The van der Waals surface area contributed by atoms with Crippen LogP contribution in [0.15, 0.2) is 0 Å². The SMILES string of the molecule is CCCCCC(N)NC(CC)[Si](OCC)(OCC)OCC. The summed E-state index contributed by atoms with van der Waals surface area (Å²) in [7, 11) is -2.73. The summed E-state index contributed by atoms with van der Waals surface area (Å²) in [4.78, 5) is 0. The number of unbranched alkanes of at least 4 members (excludes halogenated alkanes) is 2. The predicted octanol–water partition coefficient (Wildman–Crippen LogP) is 2.81. The molecule has 0 radical (unpaired) electrons. The van der Waals surface area contributed by atoms with Gasteiger partial charge in [0.1, 0.15) is 0 Å². The lowest BCUT2D eigenvalue weighted by molar-refractivity contribution is 0.0556. The number of nitrogens with two attached hydrogens (primary N) is 1. The Labute approximate surface area is 132 Å². The molecule has 0 saturated heterocycles. The van der Waals surface area contributed by atoms with Gasteiger partial charge in [-0.3, -0.25) is 5.32 Å². The summed E-state index contributed by atoms with van der Waals surface area (Å²) in [5.74, 6) is 0. The van der Waals surface area contributed by atoms with Gasteiger partial charge in [-0.2, -0.15) is 0 Å². The Kier molecular flexibility index (Phi) is 12.6. The van der Waals surface area contributed by atoms with Crippen molar-refractivity contribution < 1.29 is 13.3 Å². The van der Waals surface area contributed by atoms with Crippen LogP contribution < -0.4 is 11.1 Å². The van der Waals surface area contributed by atoms with E-state index in [0.717, 1.165) is 19.3 Å². The van der Waals surface area contributed by atoms with Crippen LogP contribution in [0.4, 0.5) is 0 Å². The van der Waals surface area contributed by atoms with E-state index in [1.165, 1.54) is 12.8 Å². The highest BCUT2D eigenvalue weighted by molar-refractivity contribution is 6.62. The van der Waals surface area contributed by atoms with E-state index in [1.807, 2.05) is 20.8 Å². The molecule has 0 spiro atoms. The van der Waals surface area contributed by atoms with E-state index in [9.17, 15) is 0 Å². The van der Waals surface area contributed by atoms with Crippen LogP contribution in [0.25, 0.3) is 0 Å². The topological polar surface area (TPSA) is 65.7 Å². The third-order valence-corrected chi connectivity index (χ3v) is 6.91. The zero-order chi connectivity index (χ0) is 16.1. The minimum atomic E-state index is -2.73. The maximum Gasteiger partial charge on any atom is 0.518 e. The Morgan fingerprint density at radius 1 is 0.905 bits per heavy atom. The second-order valence-corrected chi connectivity index (χ2v) is 7.90. The molecule has 3 N–H and O–H groups in total. The van der Waals surface area contributed by atoms with E-state index in [4.69, 9.17) is 19.0 Å². The maximum absolute atomic E-state index is 6.22. The van der Waals surface area contributed by atoms with Crippen LogP contribution in [0.5, 0.6) is 0 Å². The van der Waals surface area contributed by atoms with E-state index < -0.39 is 8.80 Å². The fourth-order valence-electron chi connectivity index (χ4n) is 2.46. The summed E-state index contributed by atoms with van der Waals surface area (Å²) in [5.41, 5.74) is 6.27. The van der Waals surface area contributed by atoms with Crippen LogP contribution in [-0.4, -0.2) is 40.5 Å². The molecule has 0 aromatic rings. The first-order chi connectivity index (χ1) is 10.1. The molecule has 0 saturated carbocycles. The lowest BCUT2D eigenvalue weighted by atomic mass is 10.2. The first-order valence-corrected chi connectivity index (χ1v) is 10.3. The average molecular weight is 321 g/mol. The fraction of sp³-hybridized carbons (Fsp3) is 1.00. The van der Waals surface area contributed by atoms with E-state index in [1.54, 1.807) is 0 Å². The molecule has 21 heavy (non-hydrogen) atoms. The number of nitrogens with one attached hydrogen (secondary N) is 1. The van der Waals surface area contributed by atoms with Crippen LogP contribution in [-0.2, 0) is 13.3 Å². The highest BCUT2D eigenvalue weighted by Gasteiger charge is 2.48. The third-order valence-electron chi connectivity index (χ3n) is 3.41. The summed E-state index contributed by atoms with van der Waals surface area (Å²) >= 11 is 0. The molecule has 2 unspecified atom stereocenters. The van der Waals surface area contributed by atoms with E-state index in [-0.39, 0.29) is 11.8 Å². The summed E-state index contributed by atoms with van der Waals surface area (Å²) in [6.07, 6.45) is 5.39. The van der Waals surface area contributed by atoms with Crippen molar-refractivity contribution in [3.05, 3.63) is 0 Å². The molecule has 5 nitrogen and oxygen atoms in total. The molecular formula is C15H36N2O3Si. The van der Waals surface area contributed by atoms with Gasteiger partial charge in [-0.05, 0) is 33.6 Å². The molecule has 0 fully saturated rings. The summed E-state index contributed by atoms with van der Waals surface area (Å²) in [5, 5.41) is 3.49. The molecule has 6 heteroatoms. The smallest absolute Gasteiger partial charge is 0.373 e. The van der Waals surface area contributed by atoms with Gasteiger partial charge in [0.25, 0.3) is 0 Å². The molecule has 0 aliphatic carbocycles. The van der Waals surface area contributed by atoms with Gasteiger partial charge in [0, 0.05) is 19.8 Å². The lowest BCUT2D eigenvalue weighted by Crippen LogP contribution is -2.64. The number of hydrogen-bond donors (Lipinski definition) is 2. The number of hydrogen-bond acceptors (Lipinski definition) is 5. The summed E-state index contributed by atoms with van der Waals surface area (Å²) in [6, 6.07) is 0. The van der Waals surface area contributed by atoms with Crippen molar-refractivity contribution in [2.24, 2.45) is 5.73 Å². The van der Waals surface area contributed by atoms with E-state index >= 15 is 0 Å². The van der Waals surface area contributed by atoms with Gasteiger partial charge in [0.2, 0.25) is 0 Å². The van der Waals surface area contributed by atoms with Crippen LogP contribution in [0.3, 0.4) is 0 Å². The molecule has 0 amide bonds. The normalized spacial score (nSPS) is 15.1. The van der Waals surface area contributed by atoms with Crippen LogP contribution in [0, 0.1) is 0 Å². The van der Waals surface area contributed by atoms with Crippen molar-refractivity contribution in [2.45, 2.75) is 78.6 Å². The van der Waals surface area contributed by atoms with Gasteiger partial charge < -0.3 is 19.0 Å². The monoisotopic (exact) mass is 320 g/mol. The van der Waals surface area contributed by atoms with Crippen LogP contribution in [0.2, 0.25) is 0 Å². The minimum Gasteiger partial charge on any atom is -0.373 e. The molecule has 0 heterocycles. The maximum atomic E-state index is 6.22. The third kappa shape index (κ3) is 7.72. The van der Waals surface area contributed by atoms with Crippen molar-refractivity contribution in [1.29, 1.82) is 0 Å². The molecule has 0 aromatic heterocycles. The van der Waals surface area contributed by atoms with Gasteiger partial charge in [0.15, 0.2) is 0 Å². The molecule has 0 aliphatic rings. The molecule has 2 atom stereocenters. The highest BCUT2D eigenvalue weighted by atomic mass is 28.4. The van der Waals surface area contributed by atoms with E-state index in [0.29, 0.717) is 19.8 Å². The molecule has 128 valence electrons. The Morgan fingerprint density at radius 3 is 1.81 bits per heavy atom. The average Bonchev–Trinajstić information content (AvgIpc) is 2.45.